The third kappa shape index (κ3) is 3.64. The molecule has 1 aromatic heterocycles. The number of aliphatic hydroxyl groups excluding tert-OH is 2. The Morgan fingerprint density at radius 3 is 2.67 bits per heavy atom. The van der Waals surface area contributed by atoms with Crippen molar-refractivity contribution in [3.8, 4) is 0 Å². The number of carbonyl (C=O) groups excluding carboxylic acids is 1. The van der Waals surface area contributed by atoms with Gasteiger partial charge in [0.25, 0.3) is 0 Å². The Labute approximate surface area is 144 Å². The highest BCUT2D eigenvalue weighted by Gasteiger charge is 2.42. The van der Waals surface area contributed by atoms with E-state index in [2.05, 4.69) is 5.10 Å². The van der Waals surface area contributed by atoms with Crippen molar-refractivity contribution < 1.29 is 15.0 Å². The molecule has 1 fully saturated rings. The van der Waals surface area contributed by atoms with Crippen LogP contribution in [0.15, 0.2) is 0 Å². The van der Waals surface area contributed by atoms with Gasteiger partial charge in [-0.15, -0.1) is 0 Å². The molecule has 0 bridgehead atoms. The van der Waals surface area contributed by atoms with Gasteiger partial charge in [0.1, 0.15) is 0 Å². The predicted octanol–water partition coefficient (Wildman–Crippen LogP) is 1.34. The summed E-state index contributed by atoms with van der Waals surface area (Å²) in [7, 11) is 1.92. The molecule has 0 aliphatic carbocycles. The third-order valence-electron chi connectivity index (χ3n) is 5.55. The number of piperidine rings is 1. The molecule has 1 aromatic rings. The first kappa shape index (κ1) is 18.9. The molecule has 0 spiro atoms. The monoisotopic (exact) mass is 337 g/mol. The van der Waals surface area contributed by atoms with Gasteiger partial charge in [-0.05, 0) is 38.7 Å². The maximum Gasteiger partial charge on any atom is 0.222 e. The molecule has 2 heterocycles. The van der Waals surface area contributed by atoms with Crippen LogP contribution in [0.25, 0.3) is 0 Å². The summed E-state index contributed by atoms with van der Waals surface area (Å²) in [6.07, 6.45) is 2.75. The molecule has 1 saturated heterocycles. The lowest BCUT2D eigenvalue weighted by Crippen LogP contribution is -2.55. The van der Waals surface area contributed by atoms with Crippen molar-refractivity contribution in [2.45, 2.75) is 59.0 Å². The summed E-state index contributed by atoms with van der Waals surface area (Å²) >= 11 is 0. The van der Waals surface area contributed by atoms with Crippen LogP contribution in [0.1, 0.15) is 49.6 Å². The number of likely N-dealkylation sites (tertiary alicyclic amines) is 1. The molecule has 1 aliphatic heterocycles. The molecule has 6 nitrogen and oxygen atoms in total. The van der Waals surface area contributed by atoms with Crippen molar-refractivity contribution in [2.24, 2.45) is 12.5 Å². The number of hydrogen-bond donors (Lipinski definition) is 2. The van der Waals surface area contributed by atoms with Gasteiger partial charge in [-0.1, -0.05) is 13.3 Å². The highest BCUT2D eigenvalue weighted by Crippen LogP contribution is 2.35. The lowest BCUT2D eigenvalue weighted by molar-refractivity contribution is -0.142. The first-order chi connectivity index (χ1) is 11.3. The third-order valence-corrected chi connectivity index (χ3v) is 5.55. The van der Waals surface area contributed by atoms with E-state index in [0.29, 0.717) is 32.4 Å². The van der Waals surface area contributed by atoms with E-state index >= 15 is 0 Å². The minimum absolute atomic E-state index is 0.0768. The summed E-state index contributed by atoms with van der Waals surface area (Å²) in [6, 6.07) is 0. The van der Waals surface area contributed by atoms with E-state index in [9.17, 15) is 15.0 Å². The molecule has 136 valence electrons. The minimum atomic E-state index is -0.567. The molecular weight excluding hydrogens is 306 g/mol. The van der Waals surface area contributed by atoms with E-state index in [0.717, 1.165) is 29.8 Å². The smallest absolute Gasteiger partial charge is 0.222 e. The summed E-state index contributed by atoms with van der Waals surface area (Å²) in [5.41, 5.74) is 2.66. The SMILES string of the molecule is CCC[C@@]1(CO)CN(C(=O)CCc2c(C)nn(C)c2C)CC[C@H]1O. The zero-order valence-corrected chi connectivity index (χ0v) is 15.4. The number of aromatic nitrogens is 2. The molecule has 1 aliphatic rings. The lowest BCUT2D eigenvalue weighted by Gasteiger charge is -2.45. The van der Waals surface area contributed by atoms with Crippen LogP contribution in [0.5, 0.6) is 0 Å². The van der Waals surface area contributed by atoms with Gasteiger partial charge in [-0.25, -0.2) is 0 Å². The number of aliphatic hydroxyl groups is 2. The number of amides is 1. The summed E-state index contributed by atoms with van der Waals surface area (Å²) in [6.45, 7) is 6.97. The van der Waals surface area contributed by atoms with E-state index < -0.39 is 11.5 Å². The number of hydrogen-bond acceptors (Lipinski definition) is 4. The Bertz CT molecular complexity index is 584. The first-order valence-corrected chi connectivity index (χ1v) is 8.90. The zero-order chi connectivity index (χ0) is 17.9. The van der Waals surface area contributed by atoms with E-state index in [1.807, 2.05) is 37.4 Å². The molecule has 24 heavy (non-hydrogen) atoms. The van der Waals surface area contributed by atoms with Crippen LogP contribution in [0.4, 0.5) is 0 Å². The fourth-order valence-corrected chi connectivity index (χ4v) is 3.91. The van der Waals surface area contributed by atoms with Gasteiger partial charge in [0.15, 0.2) is 0 Å². The lowest BCUT2D eigenvalue weighted by atomic mass is 9.74. The van der Waals surface area contributed by atoms with Gasteiger partial charge in [0.05, 0.1) is 18.4 Å². The standard InChI is InChI=1S/C18H31N3O3/c1-5-9-18(12-22)11-21(10-8-16(18)23)17(24)7-6-15-13(2)19-20(4)14(15)3/h16,22-23H,5-12H2,1-4H3/t16-,18+/m1/s1. The summed E-state index contributed by atoms with van der Waals surface area (Å²) in [5, 5.41) is 24.5. The summed E-state index contributed by atoms with van der Waals surface area (Å²) in [4.78, 5) is 14.5. The molecule has 0 unspecified atom stereocenters. The molecule has 2 rings (SSSR count). The summed E-state index contributed by atoms with van der Waals surface area (Å²) < 4.78 is 1.85. The fourth-order valence-electron chi connectivity index (χ4n) is 3.91. The topological polar surface area (TPSA) is 78.6 Å². The van der Waals surface area contributed by atoms with Gasteiger partial charge in [0.2, 0.25) is 5.91 Å². The van der Waals surface area contributed by atoms with Crippen molar-refractivity contribution in [3.63, 3.8) is 0 Å². The summed E-state index contributed by atoms with van der Waals surface area (Å²) in [5.74, 6) is 0.0958. The minimum Gasteiger partial charge on any atom is -0.396 e. The van der Waals surface area contributed by atoms with Crippen molar-refractivity contribution in [3.05, 3.63) is 17.0 Å². The Morgan fingerprint density at radius 1 is 1.42 bits per heavy atom. The van der Waals surface area contributed by atoms with Gasteiger partial charge < -0.3 is 15.1 Å². The molecule has 0 aromatic carbocycles. The fraction of sp³-hybridized carbons (Fsp3) is 0.778. The van der Waals surface area contributed by atoms with E-state index in [1.165, 1.54) is 0 Å². The average molecular weight is 337 g/mol. The second kappa shape index (κ2) is 7.66. The van der Waals surface area contributed by atoms with Crippen molar-refractivity contribution in [1.29, 1.82) is 0 Å². The Balaban J connectivity index is 2.02. The highest BCUT2D eigenvalue weighted by molar-refractivity contribution is 5.76. The molecule has 2 atom stereocenters. The zero-order valence-electron chi connectivity index (χ0n) is 15.4. The van der Waals surface area contributed by atoms with Crippen LogP contribution in [0, 0.1) is 19.3 Å². The second-order valence-electron chi connectivity index (χ2n) is 7.16. The van der Waals surface area contributed by atoms with Crippen molar-refractivity contribution >= 4 is 5.91 Å². The Morgan fingerprint density at radius 2 is 2.12 bits per heavy atom. The molecular formula is C18H31N3O3. The number of carbonyl (C=O) groups is 1. The molecule has 2 N–H and O–H groups in total. The number of aryl methyl sites for hydroxylation is 2. The average Bonchev–Trinajstić information content (AvgIpc) is 2.80. The normalized spacial score (nSPS) is 24.4. The maximum atomic E-state index is 12.7. The van der Waals surface area contributed by atoms with E-state index in [1.54, 1.807) is 0 Å². The van der Waals surface area contributed by atoms with Gasteiger partial charge >= 0.3 is 0 Å². The first-order valence-electron chi connectivity index (χ1n) is 8.90. The van der Waals surface area contributed by atoms with Crippen molar-refractivity contribution in [1.82, 2.24) is 14.7 Å². The Kier molecular flexibility index (Phi) is 6.04. The van der Waals surface area contributed by atoms with Crippen LogP contribution in [-0.4, -0.2) is 56.6 Å². The number of rotatable bonds is 6. The van der Waals surface area contributed by atoms with Gasteiger partial charge in [-0.3, -0.25) is 9.48 Å². The van der Waals surface area contributed by atoms with E-state index in [-0.39, 0.29) is 12.5 Å². The van der Waals surface area contributed by atoms with E-state index in [4.69, 9.17) is 0 Å². The number of nitrogens with zero attached hydrogens (tertiary/aromatic N) is 3. The maximum absolute atomic E-state index is 12.7. The van der Waals surface area contributed by atoms with Gasteiger partial charge in [0, 0.05) is 37.7 Å². The van der Waals surface area contributed by atoms with Crippen LogP contribution in [0.3, 0.4) is 0 Å². The van der Waals surface area contributed by atoms with Crippen LogP contribution in [0.2, 0.25) is 0 Å². The largest absolute Gasteiger partial charge is 0.396 e. The van der Waals surface area contributed by atoms with Crippen molar-refractivity contribution in [2.75, 3.05) is 19.7 Å². The molecule has 0 radical (unpaired) electrons. The Hall–Kier alpha value is -1.40. The molecule has 0 saturated carbocycles. The highest BCUT2D eigenvalue weighted by atomic mass is 16.3. The predicted molar refractivity (Wildman–Crippen MR) is 92.6 cm³/mol. The van der Waals surface area contributed by atoms with Crippen LogP contribution >= 0.6 is 0 Å². The second-order valence-corrected chi connectivity index (χ2v) is 7.16. The molecule has 6 heteroatoms. The van der Waals surface area contributed by atoms with Crippen LogP contribution < -0.4 is 0 Å². The van der Waals surface area contributed by atoms with Crippen LogP contribution in [-0.2, 0) is 18.3 Å². The van der Waals surface area contributed by atoms with Gasteiger partial charge in [-0.2, -0.15) is 5.10 Å². The molecule has 1 amide bonds. The quantitative estimate of drug-likeness (QED) is 0.821.